The van der Waals surface area contributed by atoms with E-state index in [1.807, 2.05) is 19.1 Å². The van der Waals surface area contributed by atoms with E-state index >= 15 is 0 Å². The van der Waals surface area contributed by atoms with Crippen molar-refractivity contribution in [2.24, 2.45) is 10.9 Å². The second-order valence-corrected chi connectivity index (χ2v) is 7.86. The van der Waals surface area contributed by atoms with E-state index < -0.39 is 0 Å². The van der Waals surface area contributed by atoms with Crippen LogP contribution in [0.25, 0.3) is 0 Å². The third-order valence-corrected chi connectivity index (χ3v) is 5.76. The van der Waals surface area contributed by atoms with Gasteiger partial charge in [0, 0.05) is 46.3 Å². The van der Waals surface area contributed by atoms with E-state index in [-0.39, 0.29) is 11.9 Å². The summed E-state index contributed by atoms with van der Waals surface area (Å²) < 4.78 is 16.5. The number of piperidine rings is 1. The number of aliphatic imine (C=N–C) groups is 1. The first kappa shape index (κ1) is 23.3. The molecular formula is C23H36N4O4. The molecule has 0 saturated carbocycles. The standard InChI is InChI=1S/C23H36N4O4/c1-3-30-22(28)20-7-9-27(10-8-20)23(24-2)25-18-19-5-4-6-21(17-19)31-16-13-26-11-14-29-15-12-26/h4-6,17,20H,3,7-16,18H2,1-2H3,(H,24,25). The number of hydrogen-bond acceptors (Lipinski definition) is 6. The highest BCUT2D eigenvalue weighted by molar-refractivity contribution is 5.80. The fraction of sp³-hybridized carbons (Fsp3) is 0.652. The molecule has 172 valence electrons. The number of rotatable bonds is 8. The Bertz CT molecular complexity index is 713. The number of esters is 1. The molecule has 3 rings (SSSR count). The second-order valence-electron chi connectivity index (χ2n) is 7.86. The lowest BCUT2D eigenvalue weighted by molar-refractivity contribution is -0.149. The first-order valence-electron chi connectivity index (χ1n) is 11.3. The van der Waals surface area contributed by atoms with Crippen molar-refractivity contribution < 1.29 is 19.0 Å². The molecule has 1 aromatic carbocycles. The van der Waals surface area contributed by atoms with E-state index in [1.54, 1.807) is 7.05 Å². The number of likely N-dealkylation sites (tertiary alicyclic amines) is 1. The molecule has 8 heteroatoms. The summed E-state index contributed by atoms with van der Waals surface area (Å²) in [5.41, 5.74) is 1.14. The van der Waals surface area contributed by atoms with Crippen LogP contribution in [0.3, 0.4) is 0 Å². The molecule has 0 atom stereocenters. The minimum absolute atomic E-state index is 0.000555. The van der Waals surface area contributed by atoms with Crippen LogP contribution in [-0.4, -0.2) is 87.9 Å². The second kappa shape index (κ2) is 12.5. The lowest BCUT2D eigenvalue weighted by atomic mass is 9.97. The molecule has 0 spiro atoms. The van der Waals surface area contributed by atoms with E-state index in [4.69, 9.17) is 14.2 Å². The monoisotopic (exact) mass is 432 g/mol. The molecule has 8 nitrogen and oxygen atoms in total. The number of guanidine groups is 1. The van der Waals surface area contributed by atoms with Gasteiger partial charge in [0.05, 0.1) is 25.7 Å². The van der Waals surface area contributed by atoms with Crippen molar-refractivity contribution in [3.8, 4) is 5.75 Å². The zero-order valence-electron chi connectivity index (χ0n) is 18.8. The van der Waals surface area contributed by atoms with Crippen molar-refractivity contribution in [3.63, 3.8) is 0 Å². The molecule has 1 aromatic rings. The summed E-state index contributed by atoms with van der Waals surface area (Å²) in [5, 5.41) is 3.44. The van der Waals surface area contributed by atoms with Gasteiger partial charge in [-0.05, 0) is 37.5 Å². The maximum absolute atomic E-state index is 11.9. The van der Waals surface area contributed by atoms with Gasteiger partial charge in [0.15, 0.2) is 5.96 Å². The van der Waals surface area contributed by atoms with Crippen LogP contribution in [0.4, 0.5) is 0 Å². The topological polar surface area (TPSA) is 75.6 Å². The Morgan fingerprint density at radius 2 is 2.00 bits per heavy atom. The average molecular weight is 433 g/mol. The van der Waals surface area contributed by atoms with Gasteiger partial charge in [0.1, 0.15) is 12.4 Å². The average Bonchev–Trinajstić information content (AvgIpc) is 2.81. The highest BCUT2D eigenvalue weighted by Gasteiger charge is 2.27. The number of carbonyl (C=O) groups is 1. The van der Waals surface area contributed by atoms with Crippen LogP contribution in [0.2, 0.25) is 0 Å². The zero-order valence-corrected chi connectivity index (χ0v) is 18.8. The molecule has 31 heavy (non-hydrogen) atoms. The smallest absolute Gasteiger partial charge is 0.309 e. The van der Waals surface area contributed by atoms with Crippen molar-refractivity contribution in [2.75, 3.05) is 66.2 Å². The van der Waals surface area contributed by atoms with Crippen molar-refractivity contribution in [3.05, 3.63) is 29.8 Å². The minimum atomic E-state index is -0.0736. The molecule has 2 heterocycles. The Kier molecular flexibility index (Phi) is 9.42. The Morgan fingerprint density at radius 1 is 1.23 bits per heavy atom. The van der Waals surface area contributed by atoms with Crippen molar-refractivity contribution in [1.82, 2.24) is 15.1 Å². The third-order valence-electron chi connectivity index (χ3n) is 5.76. The number of nitrogens with one attached hydrogen (secondary N) is 1. The molecular weight excluding hydrogens is 396 g/mol. The first-order valence-corrected chi connectivity index (χ1v) is 11.3. The predicted molar refractivity (Wildman–Crippen MR) is 120 cm³/mol. The van der Waals surface area contributed by atoms with Crippen LogP contribution in [0.5, 0.6) is 5.75 Å². The number of morpholine rings is 1. The van der Waals surface area contributed by atoms with Gasteiger partial charge >= 0.3 is 5.97 Å². The molecule has 0 amide bonds. The summed E-state index contributed by atoms with van der Waals surface area (Å²) in [5.74, 6) is 1.68. The molecule has 0 unspecified atom stereocenters. The van der Waals surface area contributed by atoms with Crippen LogP contribution >= 0.6 is 0 Å². The fourth-order valence-electron chi connectivity index (χ4n) is 3.96. The lowest BCUT2D eigenvalue weighted by Gasteiger charge is -2.33. The van der Waals surface area contributed by atoms with Gasteiger partial charge in [-0.25, -0.2) is 0 Å². The molecule has 2 aliphatic rings. The molecule has 2 saturated heterocycles. The Morgan fingerprint density at radius 3 is 2.71 bits per heavy atom. The highest BCUT2D eigenvalue weighted by atomic mass is 16.5. The van der Waals surface area contributed by atoms with Crippen molar-refractivity contribution in [1.29, 1.82) is 0 Å². The van der Waals surface area contributed by atoms with Gasteiger partial charge in [0.25, 0.3) is 0 Å². The van der Waals surface area contributed by atoms with Gasteiger partial charge in [-0.1, -0.05) is 12.1 Å². The van der Waals surface area contributed by atoms with E-state index in [0.29, 0.717) is 19.8 Å². The summed E-state index contributed by atoms with van der Waals surface area (Å²) in [6, 6.07) is 8.18. The highest BCUT2D eigenvalue weighted by Crippen LogP contribution is 2.19. The van der Waals surface area contributed by atoms with Crippen molar-refractivity contribution >= 4 is 11.9 Å². The Labute approximate surface area is 185 Å². The molecule has 0 bridgehead atoms. The zero-order chi connectivity index (χ0) is 21.9. The molecule has 2 fully saturated rings. The van der Waals surface area contributed by atoms with Crippen molar-refractivity contribution in [2.45, 2.75) is 26.3 Å². The number of nitrogens with zero attached hydrogens (tertiary/aromatic N) is 3. The minimum Gasteiger partial charge on any atom is -0.492 e. The maximum atomic E-state index is 11.9. The molecule has 0 aliphatic carbocycles. The Balaban J connectivity index is 1.42. The van der Waals surface area contributed by atoms with Crippen LogP contribution in [0, 0.1) is 5.92 Å². The SMILES string of the molecule is CCOC(=O)C1CCN(C(=NC)NCc2cccc(OCCN3CCOCC3)c2)CC1. The van der Waals surface area contributed by atoms with Crippen LogP contribution in [-0.2, 0) is 20.8 Å². The van der Waals surface area contributed by atoms with E-state index in [1.165, 1.54) is 0 Å². The van der Waals surface area contributed by atoms with E-state index in [0.717, 1.165) is 76.1 Å². The van der Waals surface area contributed by atoms with Crippen LogP contribution in [0.15, 0.2) is 29.3 Å². The van der Waals surface area contributed by atoms with E-state index in [9.17, 15) is 4.79 Å². The summed E-state index contributed by atoms with van der Waals surface area (Å²) in [4.78, 5) is 20.9. The van der Waals surface area contributed by atoms with Gasteiger partial charge in [-0.15, -0.1) is 0 Å². The number of hydrogen-bond donors (Lipinski definition) is 1. The summed E-state index contributed by atoms with van der Waals surface area (Å²) in [6.45, 7) is 9.72. The molecule has 2 aliphatic heterocycles. The lowest BCUT2D eigenvalue weighted by Crippen LogP contribution is -2.46. The number of ether oxygens (including phenoxy) is 3. The number of benzene rings is 1. The van der Waals surface area contributed by atoms with Gasteiger partial charge < -0.3 is 24.4 Å². The first-order chi connectivity index (χ1) is 15.2. The van der Waals surface area contributed by atoms with Crippen LogP contribution in [0.1, 0.15) is 25.3 Å². The number of carbonyl (C=O) groups excluding carboxylic acids is 1. The largest absolute Gasteiger partial charge is 0.492 e. The summed E-state index contributed by atoms with van der Waals surface area (Å²) >= 11 is 0. The molecule has 1 N–H and O–H groups in total. The van der Waals surface area contributed by atoms with Gasteiger partial charge in [0.2, 0.25) is 0 Å². The summed E-state index contributed by atoms with van der Waals surface area (Å²) in [7, 11) is 1.80. The van der Waals surface area contributed by atoms with Crippen LogP contribution < -0.4 is 10.1 Å². The van der Waals surface area contributed by atoms with Gasteiger partial charge in [-0.3, -0.25) is 14.7 Å². The predicted octanol–water partition coefficient (Wildman–Crippen LogP) is 1.75. The molecule has 0 radical (unpaired) electrons. The molecule has 0 aromatic heterocycles. The van der Waals surface area contributed by atoms with E-state index in [2.05, 4.69) is 32.2 Å². The maximum Gasteiger partial charge on any atom is 0.309 e. The van der Waals surface area contributed by atoms with Gasteiger partial charge in [-0.2, -0.15) is 0 Å². The third kappa shape index (κ3) is 7.40. The summed E-state index contributed by atoms with van der Waals surface area (Å²) in [6.07, 6.45) is 1.60. The fourth-order valence-corrected chi connectivity index (χ4v) is 3.96. The Hall–Kier alpha value is -2.32. The normalized spacial score (nSPS) is 18.6. The quantitative estimate of drug-likeness (QED) is 0.381.